The summed E-state index contributed by atoms with van der Waals surface area (Å²) < 4.78 is 18.9. The highest BCUT2D eigenvalue weighted by Crippen LogP contribution is 2.37. The number of aryl methyl sites for hydroxylation is 2. The Morgan fingerprint density at radius 1 is 0.581 bits per heavy atom. The van der Waals surface area contributed by atoms with Gasteiger partial charge in [-0.15, -0.1) is 5.10 Å². The van der Waals surface area contributed by atoms with Crippen molar-refractivity contribution in [2.24, 2.45) is 11.8 Å². The highest BCUT2D eigenvalue weighted by atomic mass is 16.5. The normalized spacial score (nSPS) is 22.2. The molecule has 4 fully saturated rings. The van der Waals surface area contributed by atoms with Gasteiger partial charge in [-0.05, 0) is 108 Å². The average Bonchev–Trinajstić information content (AvgIpc) is 1.83. The van der Waals surface area contributed by atoms with Gasteiger partial charge < -0.3 is 71.7 Å². The molecule has 25 heteroatoms. The molecule has 4 aliphatic heterocycles. The summed E-state index contributed by atoms with van der Waals surface area (Å²) in [6.45, 7) is 6.76. The van der Waals surface area contributed by atoms with Crippen molar-refractivity contribution in [3.05, 3.63) is 120 Å². The highest BCUT2D eigenvalue weighted by molar-refractivity contribution is 5.97. The van der Waals surface area contributed by atoms with Crippen LogP contribution in [0.25, 0.3) is 0 Å². The van der Waals surface area contributed by atoms with Gasteiger partial charge in [-0.1, -0.05) is 110 Å². The average molecular weight is 1290 g/mol. The van der Waals surface area contributed by atoms with Crippen LogP contribution in [0.5, 0.6) is 0 Å². The van der Waals surface area contributed by atoms with Gasteiger partial charge in [0.1, 0.15) is 30.2 Å². The Morgan fingerprint density at radius 2 is 1.06 bits per heavy atom. The van der Waals surface area contributed by atoms with Gasteiger partial charge in [0.15, 0.2) is 0 Å². The molecule has 0 spiro atoms. The van der Waals surface area contributed by atoms with Crippen molar-refractivity contribution < 1.29 is 57.7 Å². The largest absolute Gasteiger partial charge is 0.396 e. The predicted octanol–water partition coefficient (Wildman–Crippen LogP) is 2.53. The van der Waals surface area contributed by atoms with Crippen LogP contribution in [0.15, 0.2) is 97.2 Å². The van der Waals surface area contributed by atoms with Gasteiger partial charge in [0, 0.05) is 82.4 Å². The molecule has 9 N–H and O–H groups in total. The van der Waals surface area contributed by atoms with E-state index < -0.39 is 77.9 Å². The van der Waals surface area contributed by atoms with Gasteiger partial charge in [-0.25, -0.2) is 0 Å². The number of hydrogen-bond donors (Lipinski definition) is 9. The van der Waals surface area contributed by atoms with Crippen molar-refractivity contribution in [2.75, 3.05) is 73.4 Å². The fourth-order valence-electron chi connectivity index (χ4n) is 13.3. The number of likely N-dealkylation sites (N-methyl/N-ethyl adjacent to an activating group) is 2. The maximum absolute atomic E-state index is 14.8. The molecule has 3 aromatic carbocycles. The number of nitrogens with one attached hydrogen (secondary N) is 8. The number of fused-ring (bicyclic) bond motifs is 2. The minimum Gasteiger partial charge on any atom is -0.396 e. The van der Waals surface area contributed by atoms with Crippen LogP contribution in [-0.4, -0.2) is 199 Å². The molecule has 506 valence electrons. The standard InChI is InChI=1S/C68H97N13O12/c1-5-53(69-3)62(84)75-60-48(24-27-51-29-31-55(80(51)67(60)89)64(86)73-58(45-18-10-7-11-19-45)46-20-12-8-13-21-46)42-72-57(83)33-26-50-43-79(78-77-50)35-17-37-92-39-41-93-40-38-91-36-16-34-71-66(88)59(47-22-14-9-15-23-47)74-65(87)56-32-30-52-28-25-49(44-82)61(68(90)81(52)56)76-63(85)54(6-2)70-4/h7-15,18-23,43,48-49,51-56,58-61,69-70,82H,5-6,16-17,24-42,44H2,1-4H3,(H,71,88)(H,72,83)(H,73,86)(H,74,87)(H,75,84)(H,76,85)/t48-,49-,51+,52+,53+,54+,55+,56+,59+,60+,61+/m1/s1. The fourth-order valence-corrected chi connectivity index (χ4v) is 13.3. The number of rotatable bonds is 36. The number of aliphatic hydroxyl groups is 1. The summed E-state index contributed by atoms with van der Waals surface area (Å²) in [6, 6.07) is 21.9. The Labute approximate surface area is 545 Å². The van der Waals surface area contributed by atoms with Crippen LogP contribution in [0.2, 0.25) is 0 Å². The first-order valence-electron chi connectivity index (χ1n) is 33.4. The third-order valence-electron chi connectivity index (χ3n) is 18.5. The summed E-state index contributed by atoms with van der Waals surface area (Å²) in [4.78, 5) is 114. The van der Waals surface area contributed by atoms with E-state index in [0.29, 0.717) is 141 Å². The second-order valence-electron chi connectivity index (χ2n) is 24.5. The second-order valence-corrected chi connectivity index (χ2v) is 24.5. The topological polar surface area (TPSA) is 318 Å². The molecule has 25 nitrogen and oxygen atoms in total. The van der Waals surface area contributed by atoms with Gasteiger partial charge in [0.2, 0.25) is 47.3 Å². The first-order valence-corrected chi connectivity index (χ1v) is 33.4. The van der Waals surface area contributed by atoms with Gasteiger partial charge >= 0.3 is 0 Å². The molecule has 11 atom stereocenters. The molecule has 0 aliphatic carbocycles. The summed E-state index contributed by atoms with van der Waals surface area (Å²) in [5.41, 5.74) is 3.08. The molecule has 4 aromatic rings. The van der Waals surface area contributed by atoms with Crippen molar-refractivity contribution in [1.82, 2.24) is 67.3 Å². The van der Waals surface area contributed by atoms with Crippen LogP contribution in [0.4, 0.5) is 0 Å². The first kappa shape index (κ1) is 71.2. The van der Waals surface area contributed by atoms with Crippen LogP contribution >= 0.6 is 0 Å². The lowest BCUT2D eigenvalue weighted by molar-refractivity contribution is -0.144. The monoisotopic (exact) mass is 1290 g/mol. The van der Waals surface area contributed by atoms with Crippen LogP contribution < -0.4 is 42.5 Å². The summed E-state index contributed by atoms with van der Waals surface area (Å²) in [6.07, 6.45) is 8.90. The molecular formula is C68H97N13O12. The van der Waals surface area contributed by atoms with E-state index in [-0.39, 0.29) is 67.7 Å². The molecule has 93 heavy (non-hydrogen) atoms. The molecule has 8 amide bonds. The number of amides is 8. The van der Waals surface area contributed by atoms with E-state index >= 15 is 0 Å². The lowest BCUT2D eigenvalue weighted by Crippen LogP contribution is -2.59. The van der Waals surface area contributed by atoms with E-state index in [0.717, 1.165) is 11.1 Å². The Balaban J connectivity index is 0.696. The zero-order chi connectivity index (χ0) is 66.1. The van der Waals surface area contributed by atoms with Crippen LogP contribution in [0, 0.1) is 11.8 Å². The number of nitrogens with zero attached hydrogens (tertiary/aromatic N) is 5. The number of aliphatic hydroxyl groups excluding tert-OH is 1. The van der Waals surface area contributed by atoms with E-state index in [4.69, 9.17) is 14.2 Å². The molecule has 4 saturated heterocycles. The summed E-state index contributed by atoms with van der Waals surface area (Å²) in [5, 5.41) is 42.8. The molecule has 0 bridgehead atoms. The Morgan fingerprint density at radius 3 is 1.59 bits per heavy atom. The van der Waals surface area contributed by atoms with E-state index in [9.17, 15) is 43.5 Å². The van der Waals surface area contributed by atoms with Crippen molar-refractivity contribution in [2.45, 2.75) is 171 Å². The Bertz CT molecular complexity index is 2990. The third kappa shape index (κ3) is 19.7. The van der Waals surface area contributed by atoms with Gasteiger partial charge in [0.25, 0.3) is 0 Å². The van der Waals surface area contributed by atoms with Crippen molar-refractivity contribution in [3.63, 3.8) is 0 Å². The van der Waals surface area contributed by atoms with E-state index in [1.807, 2.05) is 86.8 Å². The van der Waals surface area contributed by atoms with Crippen molar-refractivity contribution >= 4 is 47.3 Å². The number of benzene rings is 3. The molecule has 0 saturated carbocycles. The molecule has 4 aliphatic rings. The van der Waals surface area contributed by atoms with E-state index in [1.54, 1.807) is 52.8 Å². The van der Waals surface area contributed by atoms with Crippen LogP contribution in [0.1, 0.15) is 132 Å². The van der Waals surface area contributed by atoms with E-state index in [1.165, 1.54) is 0 Å². The number of aromatic nitrogens is 3. The lowest BCUT2D eigenvalue weighted by atomic mass is 9.92. The lowest BCUT2D eigenvalue weighted by Gasteiger charge is -2.33. The molecule has 5 heterocycles. The van der Waals surface area contributed by atoms with E-state index in [2.05, 4.69) is 52.8 Å². The fraction of sp³-hybridized carbons (Fsp3) is 0.588. The summed E-state index contributed by atoms with van der Waals surface area (Å²) >= 11 is 0. The van der Waals surface area contributed by atoms with Crippen molar-refractivity contribution in [3.8, 4) is 0 Å². The highest BCUT2D eigenvalue weighted by Gasteiger charge is 2.50. The van der Waals surface area contributed by atoms with Crippen molar-refractivity contribution in [1.29, 1.82) is 0 Å². The Hall–Kier alpha value is -7.68. The smallest absolute Gasteiger partial charge is 0.247 e. The second kappa shape index (κ2) is 36.7. The van der Waals surface area contributed by atoms with Gasteiger partial charge in [-0.2, -0.15) is 0 Å². The SMILES string of the molecule is CC[C@H](NC)C(=O)N[C@@H]1C(=O)N2[C@@H](CC[C@@H]1CNC(=O)CCc1cn(CCCOCCOCCOCCCNC(=O)[C@@H](NC(=O)[C@@H]3CC[C@@H]4CC[C@H](CO)[C@H](NC(=O)[C@H](CC)NC)C(=O)N43)c3ccccc3)nn1)CC[C@H]2C(=O)NC(c1ccccc1)c1ccccc1. The maximum Gasteiger partial charge on any atom is 0.247 e. The Kier molecular flexibility index (Phi) is 28.1. The zero-order valence-corrected chi connectivity index (χ0v) is 54.3. The van der Waals surface area contributed by atoms with Crippen LogP contribution in [-0.2, 0) is 65.5 Å². The summed E-state index contributed by atoms with van der Waals surface area (Å²) in [5.74, 6) is -3.63. The third-order valence-corrected chi connectivity index (χ3v) is 18.5. The molecule has 8 rings (SSSR count). The predicted molar refractivity (Wildman–Crippen MR) is 346 cm³/mol. The minimum atomic E-state index is -1.02. The molecule has 0 radical (unpaired) electrons. The number of carbonyl (C=O) groups excluding carboxylic acids is 8. The minimum absolute atomic E-state index is 0.144. The summed E-state index contributed by atoms with van der Waals surface area (Å²) in [7, 11) is 3.37. The maximum atomic E-state index is 14.8. The first-order chi connectivity index (χ1) is 45.3. The van der Waals surface area contributed by atoms with Gasteiger partial charge in [-0.3, -0.25) is 43.0 Å². The van der Waals surface area contributed by atoms with Crippen LogP contribution in [0.3, 0.4) is 0 Å². The quantitative estimate of drug-likeness (QED) is 0.0296. The molecular weight excluding hydrogens is 1190 g/mol. The number of ether oxygens (including phenoxy) is 3. The molecule has 1 aromatic heterocycles. The zero-order valence-electron chi connectivity index (χ0n) is 54.3. The van der Waals surface area contributed by atoms with Gasteiger partial charge in [0.05, 0.1) is 50.2 Å². The number of carbonyl (C=O) groups is 8. The molecule has 0 unspecified atom stereocenters. The number of hydrogen-bond acceptors (Lipinski definition) is 16.